The minimum atomic E-state index is -3.67. The Kier molecular flexibility index (Phi) is 7.34. The maximum atomic E-state index is 12.2. The van der Waals surface area contributed by atoms with Gasteiger partial charge in [-0.25, -0.2) is 13.1 Å². The van der Waals surface area contributed by atoms with Crippen LogP contribution in [0.4, 0.5) is 5.69 Å². The molecular weight excluding hydrogens is 364 g/mol. The van der Waals surface area contributed by atoms with Crippen LogP contribution >= 0.6 is 0 Å². The Labute approximate surface area is 159 Å². The van der Waals surface area contributed by atoms with Crippen LogP contribution in [-0.2, 0) is 10.0 Å². The second kappa shape index (κ2) is 9.71. The number of nitrogens with one attached hydrogen (secondary N) is 2. The van der Waals surface area contributed by atoms with Crippen LogP contribution in [0, 0.1) is 11.3 Å². The van der Waals surface area contributed by atoms with Gasteiger partial charge in [-0.3, -0.25) is 4.79 Å². The molecule has 0 unspecified atom stereocenters. The number of sulfonamides is 1. The van der Waals surface area contributed by atoms with Gasteiger partial charge in [-0.1, -0.05) is 18.2 Å². The van der Waals surface area contributed by atoms with Crippen LogP contribution in [0.3, 0.4) is 0 Å². The molecule has 0 aliphatic carbocycles. The number of rotatable bonds is 9. The molecule has 8 heteroatoms. The number of hydrogen-bond acceptors (Lipinski definition) is 5. The summed E-state index contributed by atoms with van der Waals surface area (Å²) >= 11 is 0. The number of benzene rings is 2. The van der Waals surface area contributed by atoms with Crippen molar-refractivity contribution in [2.45, 2.75) is 11.3 Å². The number of carbonyl (C=O) groups is 1. The topological polar surface area (TPSA) is 102 Å². The molecule has 27 heavy (non-hydrogen) atoms. The van der Waals surface area contributed by atoms with Crippen LogP contribution in [0.1, 0.15) is 16.8 Å². The van der Waals surface area contributed by atoms with Gasteiger partial charge in [-0.15, -0.1) is 0 Å². The van der Waals surface area contributed by atoms with E-state index in [0.29, 0.717) is 18.7 Å². The van der Waals surface area contributed by atoms with Gasteiger partial charge in [-0.05, 0) is 36.4 Å². The Morgan fingerprint density at radius 2 is 1.74 bits per heavy atom. The molecular formula is C19H22N4O3S. The van der Waals surface area contributed by atoms with E-state index in [-0.39, 0.29) is 23.8 Å². The number of likely N-dealkylation sites (N-methyl/N-ethyl adjacent to an activating group) is 1. The Morgan fingerprint density at radius 1 is 1.07 bits per heavy atom. The third-order valence-corrected chi connectivity index (χ3v) is 5.36. The fourth-order valence-corrected chi connectivity index (χ4v) is 3.39. The molecule has 7 nitrogen and oxygen atoms in total. The van der Waals surface area contributed by atoms with Crippen molar-refractivity contribution in [1.29, 1.82) is 5.26 Å². The molecule has 2 aromatic rings. The van der Waals surface area contributed by atoms with E-state index in [1.54, 1.807) is 0 Å². The molecule has 0 saturated heterocycles. The van der Waals surface area contributed by atoms with Crippen LogP contribution in [0.15, 0.2) is 59.5 Å². The number of hydrogen-bond donors (Lipinski definition) is 2. The van der Waals surface area contributed by atoms with Crippen LogP contribution < -0.4 is 14.9 Å². The number of nitrogens with zero attached hydrogens (tertiary/aromatic N) is 2. The largest absolute Gasteiger partial charge is 0.373 e. The van der Waals surface area contributed by atoms with Gasteiger partial charge in [0.15, 0.2) is 0 Å². The van der Waals surface area contributed by atoms with Crippen molar-refractivity contribution >= 4 is 21.6 Å². The predicted molar refractivity (Wildman–Crippen MR) is 104 cm³/mol. The van der Waals surface area contributed by atoms with Crippen molar-refractivity contribution in [3.05, 3.63) is 60.2 Å². The lowest BCUT2D eigenvalue weighted by molar-refractivity contribution is 0.0954. The summed E-state index contributed by atoms with van der Waals surface area (Å²) in [5, 5.41) is 11.3. The standard InChI is InChI=1S/C19H22N4O3S/c1-23(17-6-3-2-4-7-17)15-14-21-19(24)16-8-10-18(11-9-16)27(25,26)22-13-5-12-20/h2-4,6-11,22H,5,13-15H2,1H3,(H,21,24). The van der Waals surface area contributed by atoms with Gasteiger partial charge < -0.3 is 10.2 Å². The molecule has 2 N–H and O–H groups in total. The number of amides is 1. The molecule has 0 aliphatic heterocycles. The Hall–Kier alpha value is -2.89. The summed E-state index contributed by atoms with van der Waals surface area (Å²) in [5.74, 6) is -0.266. The van der Waals surface area contributed by atoms with Crippen molar-refractivity contribution in [3.8, 4) is 6.07 Å². The second-order valence-corrected chi connectivity index (χ2v) is 7.61. The molecule has 0 atom stereocenters. The van der Waals surface area contributed by atoms with E-state index in [4.69, 9.17) is 5.26 Å². The SMILES string of the molecule is CN(CCNC(=O)c1ccc(S(=O)(=O)NCCC#N)cc1)c1ccccc1. The normalized spacial score (nSPS) is 10.8. The quantitative estimate of drug-likeness (QED) is 0.639. The van der Waals surface area contributed by atoms with Crippen molar-refractivity contribution in [1.82, 2.24) is 10.0 Å². The molecule has 0 fully saturated rings. The molecule has 0 bridgehead atoms. The summed E-state index contributed by atoms with van der Waals surface area (Å²) in [7, 11) is -1.73. The minimum Gasteiger partial charge on any atom is -0.373 e. The first kappa shape index (κ1) is 20.4. The first-order chi connectivity index (χ1) is 12.9. The lowest BCUT2D eigenvalue weighted by Crippen LogP contribution is -2.33. The third-order valence-electron chi connectivity index (χ3n) is 3.89. The Bertz CT molecular complexity index is 891. The van der Waals surface area contributed by atoms with Gasteiger partial charge in [0.25, 0.3) is 5.91 Å². The maximum Gasteiger partial charge on any atom is 0.251 e. The zero-order chi connectivity index (χ0) is 19.7. The summed E-state index contributed by atoms with van der Waals surface area (Å²) in [6.07, 6.45) is 0.0944. The lowest BCUT2D eigenvalue weighted by Gasteiger charge is -2.19. The molecule has 0 heterocycles. The zero-order valence-corrected chi connectivity index (χ0v) is 15.9. The van der Waals surface area contributed by atoms with Gasteiger partial charge in [-0.2, -0.15) is 5.26 Å². The van der Waals surface area contributed by atoms with Crippen molar-refractivity contribution in [2.24, 2.45) is 0 Å². The Balaban J connectivity index is 1.87. The first-order valence-electron chi connectivity index (χ1n) is 8.45. The molecule has 0 aromatic heterocycles. The molecule has 2 aromatic carbocycles. The highest BCUT2D eigenvalue weighted by Gasteiger charge is 2.14. The van der Waals surface area contributed by atoms with E-state index >= 15 is 0 Å². The van der Waals surface area contributed by atoms with E-state index in [9.17, 15) is 13.2 Å². The second-order valence-electron chi connectivity index (χ2n) is 5.84. The van der Waals surface area contributed by atoms with Crippen molar-refractivity contribution < 1.29 is 13.2 Å². The highest BCUT2D eigenvalue weighted by Crippen LogP contribution is 2.11. The molecule has 0 aliphatic rings. The zero-order valence-electron chi connectivity index (χ0n) is 15.1. The van der Waals surface area contributed by atoms with E-state index in [1.807, 2.05) is 48.3 Å². The van der Waals surface area contributed by atoms with Crippen LogP contribution in [0.5, 0.6) is 0 Å². The monoisotopic (exact) mass is 386 g/mol. The van der Waals surface area contributed by atoms with E-state index in [1.165, 1.54) is 24.3 Å². The van der Waals surface area contributed by atoms with E-state index in [0.717, 1.165) is 5.69 Å². The summed E-state index contributed by atoms with van der Waals surface area (Å²) in [5.41, 5.74) is 1.44. The molecule has 0 radical (unpaired) electrons. The van der Waals surface area contributed by atoms with Gasteiger partial charge in [0, 0.05) is 44.4 Å². The summed E-state index contributed by atoms with van der Waals surface area (Å²) < 4.78 is 26.4. The lowest BCUT2D eigenvalue weighted by atomic mass is 10.2. The summed E-state index contributed by atoms with van der Waals surface area (Å²) in [6.45, 7) is 1.15. The summed E-state index contributed by atoms with van der Waals surface area (Å²) in [4.78, 5) is 14.3. The average Bonchev–Trinajstić information content (AvgIpc) is 2.68. The number of nitriles is 1. The maximum absolute atomic E-state index is 12.2. The van der Waals surface area contributed by atoms with E-state index in [2.05, 4.69) is 10.0 Å². The molecule has 0 spiro atoms. The van der Waals surface area contributed by atoms with Crippen LogP contribution in [-0.4, -0.2) is 41.0 Å². The first-order valence-corrected chi connectivity index (χ1v) is 9.93. The highest BCUT2D eigenvalue weighted by molar-refractivity contribution is 7.89. The smallest absolute Gasteiger partial charge is 0.251 e. The average molecular weight is 386 g/mol. The summed E-state index contributed by atoms with van der Waals surface area (Å²) in [6, 6.07) is 17.4. The molecule has 0 saturated carbocycles. The predicted octanol–water partition coefficient (Wildman–Crippen LogP) is 1.74. The van der Waals surface area contributed by atoms with Gasteiger partial charge in [0.1, 0.15) is 0 Å². The number of anilines is 1. The van der Waals surface area contributed by atoms with Crippen molar-refractivity contribution in [2.75, 3.05) is 31.6 Å². The third kappa shape index (κ3) is 6.09. The fourth-order valence-electron chi connectivity index (χ4n) is 2.36. The number of para-hydroxylation sites is 1. The molecule has 142 valence electrons. The van der Waals surface area contributed by atoms with Gasteiger partial charge in [0.2, 0.25) is 10.0 Å². The van der Waals surface area contributed by atoms with Gasteiger partial charge >= 0.3 is 0 Å². The number of carbonyl (C=O) groups excluding carboxylic acids is 1. The van der Waals surface area contributed by atoms with Gasteiger partial charge in [0.05, 0.1) is 11.0 Å². The van der Waals surface area contributed by atoms with Crippen LogP contribution in [0.2, 0.25) is 0 Å². The fraction of sp³-hybridized carbons (Fsp3) is 0.263. The van der Waals surface area contributed by atoms with Crippen molar-refractivity contribution in [3.63, 3.8) is 0 Å². The van der Waals surface area contributed by atoms with Crippen LogP contribution in [0.25, 0.3) is 0 Å². The van der Waals surface area contributed by atoms with E-state index < -0.39 is 10.0 Å². The molecule has 1 amide bonds. The Morgan fingerprint density at radius 3 is 2.37 bits per heavy atom. The highest BCUT2D eigenvalue weighted by atomic mass is 32.2. The molecule has 2 rings (SSSR count). The minimum absolute atomic E-state index is 0.0516.